The van der Waals surface area contributed by atoms with E-state index in [0.717, 1.165) is 22.1 Å². The first-order chi connectivity index (χ1) is 14.2. The third kappa shape index (κ3) is 3.51. The monoisotopic (exact) mass is 447 g/mol. The van der Waals surface area contributed by atoms with Crippen LogP contribution in [0.25, 0.3) is 28.2 Å². The Hall–Kier alpha value is -3.02. The average molecular weight is 447 g/mol. The van der Waals surface area contributed by atoms with E-state index in [9.17, 15) is 22.4 Å². The SMILES string of the molecule is CN(C)S(=O)(=O)c1ccc(-c2cncc3cc(C=C4SC(=O)NC4=O)oc23)cc1F. The van der Waals surface area contributed by atoms with Crippen molar-refractivity contribution in [3.63, 3.8) is 0 Å². The fourth-order valence-corrected chi connectivity index (χ4v) is 4.48. The van der Waals surface area contributed by atoms with Gasteiger partial charge in [0.1, 0.15) is 22.1 Å². The molecule has 2 amide bonds. The molecular weight excluding hydrogens is 433 g/mol. The lowest BCUT2D eigenvalue weighted by Gasteiger charge is -2.12. The molecule has 3 heterocycles. The predicted molar refractivity (Wildman–Crippen MR) is 109 cm³/mol. The summed E-state index contributed by atoms with van der Waals surface area (Å²) in [5.41, 5.74) is 1.21. The zero-order valence-electron chi connectivity index (χ0n) is 15.7. The smallest absolute Gasteiger partial charge is 0.290 e. The number of hydrogen-bond acceptors (Lipinski definition) is 7. The number of imide groups is 1. The van der Waals surface area contributed by atoms with E-state index in [1.165, 1.54) is 38.5 Å². The van der Waals surface area contributed by atoms with Crippen LogP contribution in [0.3, 0.4) is 0 Å². The lowest BCUT2D eigenvalue weighted by Crippen LogP contribution is -2.23. The van der Waals surface area contributed by atoms with E-state index in [4.69, 9.17) is 4.42 Å². The fraction of sp³-hybridized carbons (Fsp3) is 0.105. The van der Waals surface area contributed by atoms with Crippen LogP contribution >= 0.6 is 11.8 Å². The van der Waals surface area contributed by atoms with Crippen molar-refractivity contribution >= 4 is 50.0 Å². The van der Waals surface area contributed by atoms with Crippen molar-refractivity contribution in [2.45, 2.75) is 4.90 Å². The molecule has 8 nitrogen and oxygen atoms in total. The molecule has 11 heteroatoms. The van der Waals surface area contributed by atoms with E-state index in [1.54, 1.807) is 12.3 Å². The Morgan fingerprint density at radius 1 is 1.20 bits per heavy atom. The number of amides is 2. The fourth-order valence-electron chi connectivity index (χ4n) is 2.88. The van der Waals surface area contributed by atoms with Crippen LogP contribution in [-0.4, -0.2) is 42.9 Å². The maximum Gasteiger partial charge on any atom is 0.290 e. The summed E-state index contributed by atoms with van der Waals surface area (Å²) in [5.74, 6) is -1.09. The second kappa shape index (κ2) is 7.35. The number of carbonyl (C=O) groups excluding carboxylic acids is 2. The molecule has 2 aromatic heterocycles. The molecule has 1 N–H and O–H groups in total. The number of halogens is 1. The number of pyridine rings is 1. The molecule has 4 rings (SSSR count). The minimum Gasteiger partial charge on any atom is -0.456 e. The average Bonchev–Trinajstić information content (AvgIpc) is 3.23. The predicted octanol–water partition coefficient (Wildman–Crippen LogP) is 3.21. The Balaban J connectivity index is 1.78. The summed E-state index contributed by atoms with van der Waals surface area (Å²) in [4.78, 5) is 26.9. The van der Waals surface area contributed by atoms with Crippen LogP contribution in [0, 0.1) is 5.82 Å². The number of benzene rings is 1. The molecule has 1 aliphatic heterocycles. The molecule has 1 aromatic carbocycles. The van der Waals surface area contributed by atoms with Crippen molar-refractivity contribution in [3.8, 4) is 11.1 Å². The number of carbonyl (C=O) groups is 2. The van der Waals surface area contributed by atoms with Gasteiger partial charge < -0.3 is 4.42 Å². The molecule has 0 radical (unpaired) electrons. The molecule has 30 heavy (non-hydrogen) atoms. The van der Waals surface area contributed by atoms with Gasteiger partial charge in [0.15, 0.2) is 0 Å². The Kier molecular flexibility index (Phi) is 4.96. The number of aromatic nitrogens is 1. The summed E-state index contributed by atoms with van der Waals surface area (Å²) in [5, 5.41) is 2.29. The van der Waals surface area contributed by atoms with E-state index >= 15 is 0 Å². The lowest BCUT2D eigenvalue weighted by molar-refractivity contribution is -0.115. The standard InChI is InChI=1S/C19H14FN3O5S2/c1-23(2)30(26,27)16-4-3-10(6-14(16)20)13-9-21-8-11-5-12(28-17(11)13)7-15-18(24)22-19(25)29-15/h3-9H,1-2H3,(H,22,24,25). The summed E-state index contributed by atoms with van der Waals surface area (Å²) in [6.45, 7) is 0. The van der Waals surface area contributed by atoms with Crippen molar-refractivity contribution < 1.29 is 26.8 Å². The van der Waals surface area contributed by atoms with Gasteiger partial charge in [-0.2, -0.15) is 0 Å². The molecule has 0 atom stereocenters. The van der Waals surface area contributed by atoms with E-state index < -0.39 is 31.9 Å². The zero-order chi connectivity index (χ0) is 21.6. The third-order valence-electron chi connectivity index (χ3n) is 4.36. The quantitative estimate of drug-likeness (QED) is 0.612. The van der Waals surface area contributed by atoms with Gasteiger partial charge in [-0.1, -0.05) is 6.07 Å². The second-order valence-electron chi connectivity index (χ2n) is 6.54. The highest BCUT2D eigenvalue weighted by atomic mass is 32.2. The summed E-state index contributed by atoms with van der Waals surface area (Å²) < 4.78 is 45.8. The molecule has 154 valence electrons. The zero-order valence-corrected chi connectivity index (χ0v) is 17.3. The highest BCUT2D eigenvalue weighted by Crippen LogP contribution is 2.34. The number of hydrogen-bond donors (Lipinski definition) is 1. The Bertz CT molecular complexity index is 1350. The van der Waals surface area contributed by atoms with Gasteiger partial charge in [-0.25, -0.2) is 17.1 Å². The maximum absolute atomic E-state index is 14.6. The Morgan fingerprint density at radius 2 is 1.97 bits per heavy atom. The Morgan fingerprint density at radius 3 is 2.60 bits per heavy atom. The molecule has 1 fully saturated rings. The number of fused-ring (bicyclic) bond motifs is 1. The van der Waals surface area contributed by atoms with Crippen molar-refractivity contribution in [2.75, 3.05) is 14.1 Å². The van der Waals surface area contributed by atoms with Gasteiger partial charge in [0.2, 0.25) is 10.0 Å². The lowest BCUT2D eigenvalue weighted by atomic mass is 10.1. The largest absolute Gasteiger partial charge is 0.456 e. The van der Waals surface area contributed by atoms with E-state index in [1.807, 2.05) is 0 Å². The molecular formula is C19H14FN3O5S2. The van der Waals surface area contributed by atoms with Gasteiger partial charge in [0.25, 0.3) is 11.1 Å². The van der Waals surface area contributed by atoms with Crippen molar-refractivity contribution in [3.05, 3.63) is 53.1 Å². The maximum atomic E-state index is 14.6. The first kappa shape index (κ1) is 20.3. The first-order valence-corrected chi connectivity index (χ1v) is 10.8. The van der Waals surface area contributed by atoms with Crippen LogP contribution in [0.2, 0.25) is 0 Å². The highest BCUT2D eigenvalue weighted by Gasteiger charge is 2.26. The number of rotatable bonds is 4. The summed E-state index contributed by atoms with van der Waals surface area (Å²) in [7, 11) is -1.28. The molecule has 1 aliphatic rings. The van der Waals surface area contributed by atoms with Gasteiger partial charge in [-0.15, -0.1) is 0 Å². The van der Waals surface area contributed by atoms with Crippen LogP contribution < -0.4 is 5.32 Å². The first-order valence-electron chi connectivity index (χ1n) is 8.51. The topological polar surface area (TPSA) is 110 Å². The molecule has 3 aromatic rings. The number of sulfonamides is 1. The van der Waals surface area contributed by atoms with E-state index in [2.05, 4.69) is 10.3 Å². The molecule has 0 spiro atoms. The number of furan rings is 1. The van der Waals surface area contributed by atoms with E-state index in [0.29, 0.717) is 27.9 Å². The van der Waals surface area contributed by atoms with Gasteiger partial charge in [0.05, 0.1) is 4.91 Å². The van der Waals surface area contributed by atoms with Crippen molar-refractivity contribution in [1.29, 1.82) is 0 Å². The second-order valence-corrected chi connectivity index (χ2v) is 9.67. The molecule has 1 saturated heterocycles. The van der Waals surface area contributed by atoms with Crippen LogP contribution in [-0.2, 0) is 14.8 Å². The van der Waals surface area contributed by atoms with Gasteiger partial charge in [-0.3, -0.25) is 19.9 Å². The van der Waals surface area contributed by atoms with Gasteiger partial charge in [0, 0.05) is 43.5 Å². The highest BCUT2D eigenvalue weighted by molar-refractivity contribution is 8.18. The van der Waals surface area contributed by atoms with Crippen molar-refractivity contribution in [2.24, 2.45) is 0 Å². The van der Waals surface area contributed by atoms with Crippen LogP contribution in [0.1, 0.15) is 5.76 Å². The molecule has 0 unspecified atom stereocenters. The third-order valence-corrected chi connectivity index (χ3v) is 7.02. The van der Waals surface area contributed by atoms with Gasteiger partial charge in [-0.05, 0) is 35.5 Å². The van der Waals surface area contributed by atoms with Crippen molar-refractivity contribution in [1.82, 2.24) is 14.6 Å². The molecule has 0 bridgehead atoms. The minimum absolute atomic E-state index is 0.192. The molecule has 0 saturated carbocycles. The normalized spacial score (nSPS) is 16.1. The number of nitrogens with one attached hydrogen (secondary N) is 1. The van der Waals surface area contributed by atoms with E-state index in [-0.39, 0.29) is 4.91 Å². The summed E-state index contributed by atoms with van der Waals surface area (Å²) in [6.07, 6.45) is 4.44. The van der Waals surface area contributed by atoms with Gasteiger partial charge >= 0.3 is 0 Å². The van der Waals surface area contributed by atoms with Crippen LogP contribution in [0.4, 0.5) is 9.18 Å². The Labute approximate surface area is 174 Å². The van der Waals surface area contributed by atoms with Crippen LogP contribution in [0.5, 0.6) is 0 Å². The summed E-state index contributed by atoms with van der Waals surface area (Å²) in [6, 6.07) is 5.40. The number of nitrogens with zero attached hydrogens (tertiary/aromatic N) is 2. The minimum atomic E-state index is -3.92. The molecule has 0 aliphatic carbocycles. The van der Waals surface area contributed by atoms with Crippen LogP contribution in [0.15, 0.2) is 50.9 Å². The summed E-state index contributed by atoms with van der Waals surface area (Å²) >= 11 is 0.763. The number of thioether (sulfide) groups is 1.